The van der Waals surface area contributed by atoms with E-state index in [4.69, 9.17) is 5.26 Å². The summed E-state index contributed by atoms with van der Waals surface area (Å²) in [5.74, 6) is 0. The minimum Gasteiger partial charge on any atom is -0.299 e. The Morgan fingerprint density at radius 1 is 1.16 bits per heavy atom. The fourth-order valence-corrected chi connectivity index (χ4v) is 2.17. The van der Waals surface area contributed by atoms with Crippen LogP contribution in [0.25, 0.3) is 0 Å². The van der Waals surface area contributed by atoms with Gasteiger partial charge in [-0.2, -0.15) is 18.4 Å². The van der Waals surface area contributed by atoms with Crippen molar-refractivity contribution in [3.8, 4) is 6.07 Å². The Morgan fingerprint density at radius 3 is 2.11 bits per heavy atom. The van der Waals surface area contributed by atoms with E-state index in [2.05, 4.69) is 11.4 Å². The van der Waals surface area contributed by atoms with Crippen LogP contribution in [-0.4, -0.2) is 67.3 Å². The van der Waals surface area contributed by atoms with E-state index in [1.165, 1.54) is 4.90 Å². The third-order valence-electron chi connectivity index (χ3n) is 3.00. The van der Waals surface area contributed by atoms with E-state index < -0.39 is 12.7 Å². The molecule has 1 fully saturated rings. The maximum absolute atomic E-state index is 12.2. The quantitative estimate of drug-likeness (QED) is 0.816. The molecule has 19 heavy (non-hydrogen) atoms. The van der Waals surface area contributed by atoms with Crippen LogP contribution >= 0.6 is 0 Å². The monoisotopic (exact) mass is 278 g/mol. The number of halogens is 3. The fourth-order valence-electron chi connectivity index (χ4n) is 2.17. The predicted octanol–water partition coefficient (Wildman–Crippen LogP) is 1.06. The molecule has 7 heteroatoms. The van der Waals surface area contributed by atoms with Gasteiger partial charge in [0.1, 0.15) is 6.04 Å². The molecule has 0 aromatic carbocycles. The van der Waals surface area contributed by atoms with Crippen molar-refractivity contribution in [3.05, 3.63) is 0 Å². The van der Waals surface area contributed by atoms with Crippen LogP contribution in [0.2, 0.25) is 0 Å². The van der Waals surface area contributed by atoms with Gasteiger partial charge in [-0.05, 0) is 13.8 Å². The Labute approximate surface area is 112 Å². The molecule has 0 spiro atoms. The molecular formula is C12H21F3N4. The maximum Gasteiger partial charge on any atom is 0.401 e. The molecule has 0 amide bonds. The minimum absolute atomic E-state index is 0.219. The Morgan fingerprint density at radius 2 is 1.68 bits per heavy atom. The van der Waals surface area contributed by atoms with Crippen molar-refractivity contribution in [2.75, 3.05) is 39.3 Å². The number of alkyl halides is 3. The largest absolute Gasteiger partial charge is 0.401 e. The molecule has 1 atom stereocenters. The molecule has 0 aromatic rings. The highest BCUT2D eigenvalue weighted by molar-refractivity contribution is 4.93. The predicted molar refractivity (Wildman–Crippen MR) is 66.6 cm³/mol. The highest BCUT2D eigenvalue weighted by atomic mass is 19.4. The highest BCUT2D eigenvalue weighted by Gasteiger charge is 2.32. The van der Waals surface area contributed by atoms with Gasteiger partial charge in [0.2, 0.25) is 0 Å². The fraction of sp³-hybridized carbons (Fsp3) is 0.917. The summed E-state index contributed by atoms with van der Waals surface area (Å²) < 4.78 is 36.7. The van der Waals surface area contributed by atoms with Crippen molar-refractivity contribution < 1.29 is 13.2 Å². The molecule has 1 aliphatic rings. The molecule has 110 valence electrons. The number of nitrogens with one attached hydrogen (secondary N) is 1. The zero-order valence-electron chi connectivity index (χ0n) is 11.4. The van der Waals surface area contributed by atoms with Gasteiger partial charge in [-0.3, -0.25) is 15.1 Å². The van der Waals surface area contributed by atoms with E-state index in [0.717, 1.165) is 0 Å². The smallest absolute Gasteiger partial charge is 0.299 e. The SMILES string of the molecule is CC(C)NC(C#N)CN1CCN(CC(F)(F)F)CC1. The van der Waals surface area contributed by atoms with Crippen LogP contribution in [0.15, 0.2) is 0 Å². The van der Waals surface area contributed by atoms with Gasteiger partial charge in [0.15, 0.2) is 0 Å². The second-order valence-corrected chi connectivity index (χ2v) is 5.19. The van der Waals surface area contributed by atoms with Crippen molar-refractivity contribution in [1.82, 2.24) is 15.1 Å². The molecule has 1 heterocycles. The molecule has 0 aromatic heterocycles. The molecule has 1 rings (SSSR count). The van der Waals surface area contributed by atoms with E-state index in [-0.39, 0.29) is 12.1 Å². The van der Waals surface area contributed by atoms with E-state index in [1.54, 1.807) is 0 Å². The molecule has 0 saturated carbocycles. The topological polar surface area (TPSA) is 42.3 Å². The van der Waals surface area contributed by atoms with Crippen molar-refractivity contribution in [2.45, 2.75) is 32.1 Å². The molecule has 0 bridgehead atoms. The molecule has 0 aliphatic carbocycles. The first-order valence-electron chi connectivity index (χ1n) is 6.47. The average molecular weight is 278 g/mol. The number of piperazine rings is 1. The van der Waals surface area contributed by atoms with Crippen molar-refractivity contribution in [1.29, 1.82) is 5.26 Å². The summed E-state index contributed by atoms with van der Waals surface area (Å²) in [6, 6.07) is 2.13. The first kappa shape index (κ1) is 16.2. The lowest BCUT2D eigenvalue weighted by molar-refractivity contribution is -0.149. The summed E-state index contributed by atoms with van der Waals surface area (Å²) in [6.45, 7) is 5.61. The molecule has 4 nitrogen and oxygen atoms in total. The first-order chi connectivity index (χ1) is 8.80. The lowest BCUT2D eigenvalue weighted by Crippen LogP contribution is -2.52. The van der Waals surface area contributed by atoms with E-state index in [1.807, 2.05) is 18.7 Å². The Bertz CT molecular complexity index is 303. The van der Waals surface area contributed by atoms with Crippen molar-refractivity contribution in [3.63, 3.8) is 0 Å². The van der Waals surface area contributed by atoms with Gasteiger partial charge in [-0.25, -0.2) is 0 Å². The van der Waals surface area contributed by atoms with Gasteiger partial charge in [0.25, 0.3) is 0 Å². The van der Waals surface area contributed by atoms with Crippen LogP contribution < -0.4 is 5.32 Å². The summed E-state index contributed by atoms with van der Waals surface area (Å²) in [7, 11) is 0. The third kappa shape index (κ3) is 6.76. The number of nitriles is 1. The highest BCUT2D eigenvalue weighted by Crippen LogP contribution is 2.17. The summed E-state index contributed by atoms with van der Waals surface area (Å²) in [4.78, 5) is 3.45. The molecule has 1 unspecified atom stereocenters. The molecule has 1 N–H and O–H groups in total. The van der Waals surface area contributed by atoms with Crippen LogP contribution in [0.4, 0.5) is 13.2 Å². The van der Waals surface area contributed by atoms with Crippen molar-refractivity contribution in [2.24, 2.45) is 0 Å². The lowest BCUT2D eigenvalue weighted by Gasteiger charge is -2.36. The standard InChI is InChI=1S/C12H21F3N4/c1-10(2)17-11(7-16)8-18-3-5-19(6-4-18)9-12(13,14)15/h10-11,17H,3-6,8-9H2,1-2H3. The Balaban J connectivity index is 2.32. The summed E-state index contributed by atoms with van der Waals surface area (Å²) in [6.07, 6.45) is -4.13. The normalized spacial score (nSPS) is 20.5. The minimum atomic E-state index is -4.13. The molecule has 0 radical (unpaired) electrons. The second-order valence-electron chi connectivity index (χ2n) is 5.19. The van der Waals surface area contributed by atoms with Gasteiger partial charge in [-0.1, -0.05) is 0 Å². The number of rotatable bonds is 5. The lowest BCUT2D eigenvalue weighted by atomic mass is 10.2. The van der Waals surface area contributed by atoms with E-state index in [9.17, 15) is 13.2 Å². The second kappa shape index (κ2) is 7.08. The molecule has 1 aliphatic heterocycles. The number of nitrogens with zero attached hydrogens (tertiary/aromatic N) is 3. The van der Waals surface area contributed by atoms with Gasteiger partial charge >= 0.3 is 6.18 Å². The Hall–Kier alpha value is -0.840. The van der Waals surface area contributed by atoms with Crippen molar-refractivity contribution >= 4 is 0 Å². The third-order valence-corrected chi connectivity index (χ3v) is 3.00. The van der Waals surface area contributed by atoms with E-state index in [0.29, 0.717) is 32.7 Å². The summed E-state index contributed by atoms with van der Waals surface area (Å²) >= 11 is 0. The van der Waals surface area contributed by atoms with Crippen LogP contribution in [0, 0.1) is 11.3 Å². The zero-order valence-corrected chi connectivity index (χ0v) is 11.4. The summed E-state index contributed by atoms with van der Waals surface area (Å²) in [5, 5.41) is 12.1. The van der Waals surface area contributed by atoms with Gasteiger partial charge in [-0.15, -0.1) is 0 Å². The van der Waals surface area contributed by atoms with Crippen LogP contribution in [0.5, 0.6) is 0 Å². The zero-order chi connectivity index (χ0) is 14.5. The van der Waals surface area contributed by atoms with Gasteiger partial charge in [0.05, 0.1) is 12.6 Å². The Kier molecular flexibility index (Phi) is 6.04. The van der Waals surface area contributed by atoms with Gasteiger partial charge < -0.3 is 0 Å². The first-order valence-corrected chi connectivity index (χ1v) is 6.47. The van der Waals surface area contributed by atoms with Crippen LogP contribution in [0.3, 0.4) is 0 Å². The summed E-state index contributed by atoms with van der Waals surface area (Å²) in [5.41, 5.74) is 0. The average Bonchev–Trinajstić information content (AvgIpc) is 2.28. The van der Waals surface area contributed by atoms with Crippen LogP contribution in [0.1, 0.15) is 13.8 Å². The number of hydrogen-bond donors (Lipinski definition) is 1. The maximum atomic E-state index is 12.2. The van der Waals surface area contributed by atoms with E-state index >= 15 is 0 Å². The molecular weight excluding hydrogens is 257 g/mol. The number of hydrogen-bond acceptors (Lipinski definition) is 4. The molecule has 1 saturated heterocycles. The van der Waals surface area contributed by atoms with Crippen LogP contribution in [-0.2, 0) is 0 Å². The van der Waals surface area contributed by atoms with Gasteiger partial charge in [0, 0.05) is 38.8 Å².